The Kier molecular flexibility index (Phi) is 3.35. The Morgan fingerprint density at radius 1 is 1.12 bits per heavy atom. The molecule has 8 heteroatoms. The highest BCUT2D eigenvalue weighted by Crippen LogP contribution is 2.38. The molecule has 1 rings (SSSR count). The van der Waals surface area contributed by atoms with Crippen LogP contribution in [-0.4, -0.2) is 18.6 Å². The van der Waals surface area contributed by atoms with Gasteiger partial charge in [-0.2, -0.15) is 22.0 Å². The van der Waals surface area contributed by atoms with Gasteiger partial charge in [-0.25, -0.2) is 4.39 Å². The first-order valence-corrected chi connectivity index (χ1v) is 4.06. The molecule has 0 unspecified atom stereocenters. The normalized spacial score (nSPS) is 12.4. The van der Waals surface area contributed by atoms with Gasteiger partial charge in [0.1, 0.15) is 11.6 Å². The van der Waals surface area contributed by atoms with E-state index in [4.69, 9.17) is 0 Å². The molecule has 0 radical (unpaired) electrons. The van der Waals surface area contributed by atoms with Crippen LogP contribution in [0, 0.1) is 5.82 Å². The quantitative estimate of drug-likeness (QED) is 0.614. The van der Waals surface area contributed by atoms with Crippen LogP contribution in [-0.2, 0) is 0 Å². The van der Waals surface area contributed by atoms with Crippen molar-refractivity contribution in [2.45, 2.75) is 12.3 Å². The van der Waals surface area contributed by atoms with Gasteiger partial charge in [0, 0.05) is 0 Å². The Morgan fingerprint density at radius 3 is 2.18 bits per heavy atom. The second-order valence-corrected chi connectivity index (χ2v) is 2.89. The molecule has 2 nitrogen and oxygen atoms in total. The number of hydrogen-bond donors (Lipinski definition) is 0. The van der Waals surface area contributed by atoms with E-state index in [-0.39, 0.29) is 6.29 Å². The number of rotatable bonds is 3. The second-order valence-electron chi connectivity index (χ2n) is 2.89. The fourth-order valence-electron chi connectivity index (χ4n) is 0.917. The minimum Gasteiger partial charge on any atom is -0.425 e. The lowest BCUT2D eigenvalue weighted by Crippen LogP contribution is -2.42. The molecule has 1 aromatic carbocycles. The summed E-state index contributed by atoms with van der Waals surface area (Å²) in [7, 11) is 0. The summed E-state index contributed by atoms with van der Waals surface area (Å²) in [4.78, 5) is 10.3. The topological polar surface area (TPSA) is 26.3 Å². The number of alkyl halides is 5. The van der Waals surface area contributed by atoms with Crippen molar-refractivity contribution in [1.29, 1.82) is 0 Å². The number of hydrogen-bond acceptors (Lipinski definition) is 2. The lowest BCUT2D eigenvalue weighted by Gasteiger charge is -2.20. The fourth-order valence-corrected chi connectivity index (χ4v) is 0.917. The van der Waals surface area contributed by atoms with E-state index in [0.29, 0.717) is 6.07 Å². The first-order valence-electron chi connectivity index (χ1n) is 4.06. The summed E-state index contributed by atoms with van der Waals surface area (Å²) >= 11 is 0. The van der Waals surface area contributed by atoms with Gasteiger partial charge in [-0.15, -0.1) is 0 Å². The van der Waals surface area contributed by atoms with Crippen molar-refractivity contribution in [3.8, 4) is 5.75 Å². The zero-order valence-corrected chi connectivity index (χ0v) is 7.89. The van der Waals surface area contributed by atoms with Crippen molar-refractivity contribution in [2.24, 2.45) is 0 Å². The third-order valence-corrected chi connectivity index (χ3v) is 1.70. The summed E-state index contributed by atoms with van der Waals surface area (Å²) in [6.07, 6.45) is -11.7. The van der Waals surface area contributed by atoms with Crippen LogP contribution in [0.3, 0.4) is 0 Å². The summed E-state index contributed by atoms with van der Waals surface area (Å²) < 4.78 is 76.6. The fraction of sp³-hybridized carbons (Fsp3) is 0.222. The number of carbonyl (C=O) groups is 1. The van der Waals surface area contributed by atoms with Gasteiger partial charge < -0.3 is 4.74 Å². The molecule has 0 atom stereocenters. The summed E-state index contributed by atoms with van der Waals surface area (Å²) in [6.45, 7) is 0. The number of aldehydes is 1. The summed E-state index contributed by atoms with van der Waals surface area (Å²) in [5, 5.41) is 0. The number of ether oxygens (including phenoxy) is 1. The average molecular weight is 258 g/mol. The second kappa shape index (κ2) is 4.27. The Labute approximate surface area is 90.8 Å². The lowest BCUT2D eigenvalue weighted by molar-refractivity contribution is -0.360. The van der Waals surface area contributed by atoms with E-state index in [1.165, 1.54) is 0 Å². The van der Waals surface area contributed by atoms with Gasteiger partial charge in [0.15, 0.2) is 6.29 Å². The Balaban J connectivity index is 3.12. The first kappa shape index (κ1) is 13.3. The maximum absolute atomic E-state index is 12.9. The van der Waals surface area contributed by atoms with Crippen molar-refractivity contribution >= 4 is 6.29 Å². The highest BCUT2D eigenvalue weighted by atomic mass is 19.4. The van der Waals surface area contributed by atoms with Gasteiger partial charge in [0.2, 0.25) is 0 Å². The Hall–Kier alpha value is -1.73. The maximum atomic E-state index is 12.9. The highest BCUT2D eigenvalue weighted by molar-refractivity contribution is 5.79. The van der Waals surface area contributed by atoms with Crippen molar-refractivity contribution < 1.29 is 35.9 Å². The highest BCUT2D eigenvalue weighted by Gasteiger charge is 2.61. The zero-order valence-electron chi connectivity index (χ0n) is 7.89. The summed E-state index contributed by atoms with van der Waals surface area (Å²) in [5.74, 6) is -2.43. The van der Waals surface area contributed by atoms with Crippen LogP contribution in [0.15, 0.2) is 18.2 Å². The van der Waals surface area contributed by atoms with Crippen LogP contribution in [0.2, 0.25) is 0 Å². The smallest absolute Gasteiger partial charge is 0.425 e. The molecule has 94 valence electrons. The molecule has 0 bridgehead atoms. The van der Waals surface area contributed by atoms with E-state index in [1.807, 2.05) is 0 Å². The van der Waals surface area contributed by atoms with Gasteiger partial charge in [0.05, 0.1) is 5.56 Å². The third-order valence-electron chi connectivity index (χ3n) is 1.70. The van der Waals surface area contributed by atoms with Gasteiger partial charge in [0.25, 0.3) is 0 Å². The number of benzene rings is 1. The molecule has 0 aromatic heterocycles. The third kappa shape index (κ3) is 2.69. The first-order chi connectivity index (χ1) is 7.69. The van der Waals surface area contributed by atoms with E-state index in [1.54, 1.807) is 0 Å². The largest absolute Gasteiger partial charge is 0.499 e. The van der Waals surface area contributed by atoms with Crippen LogP contribution in [0.4, 0.5) is 26.3 Å². The van der Waals surface area contributed by atoms with Crippen molar-refractivity contribution in [3.05, 3.63) is 29.6 Å². The molecule has 0 heterocycles. The molecule has 0 saturated heterocycles. The monoisotopic (exact) mass is 258 g/mol. The number of halogens is 6. The van der Waals surface area contributed by atoms with Gasteiger partial charge in [-0.3, -0.25) is 4.79 Å². The molecule has 17 heavy (non-hydrogen) atoms. The lowest BCUT2D eigenvalue weighted by atomic mass is 10.2. The molecule has 0 aliphatic heterocycles. The predicted octanol–water partition coefficient (Wildman–Crippen LogP) is 3.17. The summed E-state index contributed by atoms with van der Waals surface area (Å²) in [5.41, 5.74) is -1.00. The molecule has 0 aliphatic carbocycles. The Bertz CT molecular complexity index is 426. The zero-order chi connectivity index (χ0) is 13.3. The standard InChI is InChI=1S/C9H4F6O2/c10-6-2-1-3-7(5(6)4-16)17-9(14,15)8(11,12)13/h1-4H. The average Bonchev–Trinajstić information content (AvgIpc) is 2.15. The van der Waals surface area contributed by atoms with Crippen molar-refractivity contribution in [2.75, 3.05) is 0 Å². The van der Waals surface area contributed by atoms with Crippen LogP contribution >= 0.6 is 0 Å². The number of carbonyl (C=O) groups excluding carboxylic acids is 1. The van der Waals surface area contributed by atoms with Crippen molar-refractivity contribution in [3.63, 3.8) is 0 Å². The van der Waals surface area contributed by atoms with E-state index in [9.17, 15) is 31.1 Å². The van der Waals surface area contributed by atoms with Crippen LogP contribution < -0.4 is 4.74 Å². The molecular weight excluding hydrogens is 254 g/mol. The van der Waals surface area contributed by atoms with Crippen molar-refractivity contribution in [1.82, 2.24) is 0 Å². The molecule has 0 spiro atoms. The molecule has 0 amide bonds. The van der Waals surface area contributed by atoms with Gasteiger partial charge in [-0.05, 0) is 12.1 Å². The molecule has 0 fully saturated rings. The van der Waals surface area contributed by atoms with E-state index in [0.717, 1.165) is 12.1 Å². The molecule has 1 aromatic rings. The van der Waals surface area contributed by atoms with Crippen LogP contribution in [0.5, 0.6) is 5.75 Å². The molecular formula is C9H4F6O2. The molecule has 0 saturated carbocycles. The maximum Gasteiger partial charge on any atom is 0.499 e. The SMILES string of the molecule is O=Cc1c(F)cccc1OC(F)(F)C(F)(F)F. The van der Waals surface area contributed by atoms with Crippen LogP contribution in [0.1, 0.15) is 10.4 Å². The van der Waals surface area contributed by atoms with Crippen LogP contribution in [0.25, 0.3) is 0 Å². The van der Waals surface area contributed by atoms with E-state index in [2.05, 4.69) is 4.74 Å². The van der Waals surface area contributed by atoms with Gasteiger partial charge in [-0.1, -0.05) is 6.07 Å². The van der Waals surface area contributed by atoms with E-state index < -0.39 is 29.4 Å². The molecule has 0 N–H and O–H groups in total. The van der Waals surface area contributed by atoms with E-state index >= 15 is 0 Å². The Morgan fingerprint density at radius 2 is 1.71 bits per heavy atom. The van der Waals surface area contributed by atoms with Gasteiger partial charge >= 0.3 is 12.3 Å². The summed E-state index contributed by atoms with van der Waals surface area (Å²) in [6, 6.07) is 2.19. The minimum atomic E-state index is -5.96. The predicted molar refractivity (Wildman–Crippen MR) is 43.4 cm³/mol. The minimum absolute atomic E-state index is 0.211. The molecule has 0 aliphatic rings.